The summed E-state index contributed by atoms with van der Waals surface area (Å²) >= 11 is 0. The Morgan fingerprint density at radius 1 is 1.25 bits per heavy atom. The smallest absolute Gasteiger partial charge is 0.317 e. The highest BCUT2D eigenvalue weighted by Gasteiger charge is 2.21. The molecule has 4 N–H and O–H groups in total. The van der Waals surface area contributed by atoms with E-state index < -0.39 is 0 Å². The average Bonchev–Trinajstić information content (AvgIpc) is 3.56. The van der Waals surface area contributed by atoms with Gasteiger partial charge in [0.2, 0.25) is 0 Å². The highest BCUT2D eigenvalue weighted by Crippen LogP contribution is 2.32. The third kappa shape index (κ3) is 3.39. The van der Waals surface area contributed by atoms with E-state index in [9.17, 15) is 9.90 Å². The molecule has 0 saturated heterocycles. The number of phenols is 1. The number of aromatic amines is 2. The predicted octanol–water partition coefficient (Wildman–Crippen LogP) is 3.93. The normalized spacial score (nSPS) is 13.6. The summed E-state index contributed by atoms with van der Waals surface area (Å²) in [6.45, 7) is 3.19. The number of phenolic OH excluding ortho intramolecular Hbond substituents is 1. The molecule has 0 aliphatic carbocycles. The average molecular weight is 428 g/mol. The summed E-state index contributed by atoms with van der Waals surface area (Å²) in [6, 6.07) is 11.6. The number of carbonyl (C=O) groups is 1. The number of H-pyrrole nitrogens is 2. The topological polar surface area (TPSA) is 110 Å². The summed E-state index contributed by atoms with van der Waals surface area (Å²) in [6.07, 6.45) is 4.65. The van der Waals surface area contributed by atoms with Crippen LogP contribution in [0.4, 0.5) is 4.79 Å². The Kier molecular flexibility index (Phi) is 4.89. The van der Waals surface area contributed by atoms with E-state index >= 15 is 0 Å². The van der Waals surface area contributed by atoms with Gasteiger partial charge in [0.25, 0.3) is 0 Å². The minimum atomic E-state index is -0.0926. The fourth-order valence-electron chi connectivity index (χ4n) is 4.19. The number of carbonyl (C=O) groups excluding carboxylic acids is 1. The fraction of sp³-hybridized carbons (Fsp3) is 0.208. The Morgan fingerprint density at radius 3 is 2.94 bits per heavy atom. The fourth-order valence-corrected chi connectivity index (χ4v) is 4.19. The number of aromatic hydroxyl groups is 1. The van der Waals surface area contributed by atoms with E-state index in [0.29, 0.717) is 18.9 Å². The molecule has 0 atom stereocenters. The maximum atomic E-state index is 11.8. The highest BCUT2D eigenvalue weighted by molar-refractivity contribution is 5.94. The van der Waals surface area contributed by atoms with Gasteiger partial charge in [-0.25, -0.2) is 9.78 Å². The highest BCUT2D eigenvalue weighted by atomic mass is 16.3. The molecule has 0 unspecified atom stereocenters. The molecule has 0 bridgehead atoms. The summed E-state index contributed by atoms with van der Waals surface area (Å²) in [7, 11) is 1.63. The molecule has 0 radical (unpaired) electrons. The van der Waals surface area contributed by atoms with Gasteiger partial charge in [-0.3, -0.25) is 5.10 Å². The molecular formula is C24H24N6O2. The first kappa shape index (κ1) is 19.9. The van der Waals surface area contributed by atoms with Crippen molar-refractivity contribution in [2.45, 2.75) is 13.3 Å². The van der Waals surface area contributed by atoms with Crippen molar-refractivity contribution in [1.29, 1.82) is 0 Å². The Balaban J connectivity index is 1.44. The number of fused-ring (bicyclic) bond motifs is 1. The lowest BCUT2D eigenvalue weighted by Crippen LogP contribution is -2.36. The zero-order chi connectivity index (χ0) is 22.2. The van der Waals surface area contributed by atoms with Crippen molar-refractivity contribution >= 4 is 22.5 Å². The van der Waals surface area contributed by atoms with E-state index in [4.69, 9.17) is 0 Å². The first-order chi connectivity index (χ1) is 15.6. The number of hydrogen-bond donors (Lipinski definition) is 4. The van der Waals surface area contributed by atoms with Crippen LogP contribution >= 0.6 is 0 Å². The minimum absolute atomic E-state index is 0.0926. The number of imidazole rings is 1. The first-order valence-electron chi connectivity index (χ1n) is 10.6. The molecule has 1 aliphatic rings. The van der Waals surface area contributed by atoms with Crippen molar-refractivity contribution in [3.8, 4) is 28.4 Å². The first-order valence-corrected chi connectivity index (χ1v) is 10.6. The minimum Gasteiger partial charge on any atom is -0.508 e. The van der Waals surface area contributed by atoms with Crippen molar-refractivity contribution in [1.82, 2.24) is 30.4 Å². The summed E-state index contributed by atoms with van der Waals surface area (Å²) in [5.74, 6) is 0.956. The monoisotopic (exact) mass is 428 g/mol. The standard InChI is InChI=1S/C24H24N6O2/c1-3-14-10-17(31)5-7-18(14)15-4-6-19-20(11-15)28-29-22(19)23-26-12-21(27-23)16-8-9-30(13-16)24(32)25-2/h4-8,10-12,31H,3,9,13H2,1-2H3,(H,25,32)(H,26,27)(H,28,29). The Labute approximate surface area is 185 Å². The Bertz CT molecular complexity index is 1350. The second-order valence-electron chi connectivity index (χ2n) is 7.84. The SMILES string of the molecule is CCc1cc(O)ccc1-c1ccc2c(-c3ncc(C4=CCN(C(=O)NC)C4)[nH]3)n[nH]c2c1. The second-order valence-corrected chi connectivity index (χ2v) is 7.84. The molecule has 162 valence electrons. The van der Waals surface area contributed by atoms with Crippen molar-refractivity contribution in [3.63, 3.8) is 0 Å². The van der Waals surface area contributed by atoms with E-state index in [0.717, 1.165) is 51.0 Å². The molecule has 0 saturated carbocycles. The van der Waals surface area contributed by atoms with Gasteiger partial charge in [0, 0.05) is 25.5 Å². The van der Waals surface area contributed by atoms with E-state index in [1.807, 2.05) is 24.3 Å². The molecule has 8 heteroatoms. The van der Waals surface area contributed by atoms with Crippen LogP contribution in [0.3, 0.4) is 0 Å². The van der Waals surface area contributed by atoms with Gasteiger partial charge < -0.3 is 20.3 Å². The van der Waals surface area contributed by atoms with Crippen molar-refractivity contribution in [2.75, 3.05) is 20.1 Å². The lowest BCUT2D eigenvalue weighted by atomic mass is 9.97. The molecular weight excluding hydrogens is 404 g/mol. The maximum absolute atomic E-state index is 11.8. The van der Waals surface area contributed by atoms with Crippen molar-refractivity contribution < 1.29 is 9.90 Å². The van der Waals surface area contributed by atoms with Crippen LogP contribution in [0.5, 0.6) is 5.75 Å². The number of urea groups is 1. The van der Waals surface area contributed by atoms with Gasteiger partial charge in [-0.15, -0.1) is 0 Å². The molecule has 2 aromatic carbocycles. The molecule has 0 fully saturated rings. The predicted molar refractivity (Wildman–Crippen MR) is 124 cm³/mol. The number of amides is 2. The second kappa shape index (κ2) is 7.88. The third-order valence-electron chi connectivity index (χ3n) is 5.91. The largest absolute Gasteiger partial charge is 0.508 e. The number of nitrogens with zero attached hydrogens (tertiary/aromatic N) is 3. The van der Waals surface area contributed by atoms with Gasteiger partial charge in [0.05, 0.1) is 17.4 Å². The number of aryl methyl sites for hydroxylation is 1. The van der Waals surface area contributed by atoms with Crippen LogP contribution in [0.15, 0.2) is 48.7 Å². The van der Waals surface area contributed by atoms with Crippen LogP contribution in [0.1, 0.15) is 18.2 Å². The number of nitrogens with one attached hydrogen (secondary N) is 3. The lowest BCUT2D eigenvalue weighted by molar-refractivity contribution is 0.213. The maximum Gasteiger partial charge on any atom is 0.317 e. The van der Waals surface area contributed by atoms with Gasteiger partial charge in [-0.2, -0.15) is 5.10 Å². The molecule has 5 rings (SSSR count). The molecule has 32 heavy (non-hydrogen) atoms. The van der Waals surface area contributed by atoms with E-state index in [2.05, 4.69) is 44.5 Å². The summed E-state index contributed by atoms with van der Waals surface area (Å²) in [5, 5.41) is 21.0. The molecule has 2 aromatic heterocycles. The molecule has 3 heterocycles. The van der Waals surface area contributed by atoms with Crippen molar-refractivity contribution in [2.24, 2.45) is 0 Å². The van der Waals surface area contributed by atoms with E-state index in [1.165, 1.54) is 0 Å². The van der Waals surface area contributed by atoms with Crippen LogP contribution < -0.4 is 5.32 Å². The zero-order valence-electron chi connectivity index (χ0n) is 17.9. The van der Waals surface area contributed by atoms with Crippen LogP contribution in [0, 0.1) is 0 Å². The van der Waals surface area contributed by atoms with Crippen LogP contribution in [0.2, 0.25) is 0 Å². The van der Waals surface area contributed by atoms with Gasteiger partial charge in [0.1, 0.15) is 11.4 Å². The quantitative estimate of drug-likeness (QED) is 0.395. The number of benzene rings is 2. The number of rotatable bonds is 4. The number of hydrogen-bond acceptors (Lipinski definition) is 4. The van der Waals surface area contributed by atoms with E-state index in [-0.39, 0.29) is 11.8 Å². The van der Waals surface area contributed by atoms with E-state index in [1.54, 1.807) is 24.2 Å². The summed E-state index contributed by atoms with van der Waals surface area (Å²) < 4.78 is 0. The van der Waals surface area contributed by atoms with Crippen LogP contribution in [-0.4, -0.2) is 56.3 Å². The van der Waals surface area contributed by atoms with Gasteiger partial charge in [0.15, 0.2) is 5.82 Å². The van der Waals surface area contributed by atoms with Crippen LogP contribution in [-0.2, 0) is 6.42 Å². The van der Waals surface area contributed by atoms with Crippen molar-refractivity contribution in [3.05, 3.63) is 59.9 Å². The summed E-state index contributed by atoms with van der Waals surface area (Å²) in [4.78, 5) is 21.5. The molecule has 8 nitrogen and oxygen atoms in total. The molecule has 0 spiro atoms. The van der Waals surface area contributed by atoms with Crippen LogP contribution in [0.25, 0.3) is 39.1 Å². The molecule has 1 aliphatic heterocycles. The molecule has 4 aromatic rings. The third-order valence-corrected chi connectivity index (χ3v) is 5.91. The van der Waals surface area contributed by atoms with Gasteiger partial charge in [-0.1, -0.05) is 25.1 Å². The lowest BCUT2D eigenvalue weighted by Gasteiger charge is -2.14. The summed E-state index contributed by atoms with van der Waals surface area (Å²) in [5.41, 5.74) is 6.84. The zero-order valence-corrected chi connectivity index (χ0v) is 17.9. The van der Waals surface area contributed by atoms with Gasteiger partial charge >= 0.3 is 6.03 Å². The Hall–Kier alpha value is -4.07. The van der Waals surface area contributed by atoms with Gasteiger partial charge in [-0.05, 0) is 52.9 Å². The Morgan fingerprint density at radius 2 is 2.12 bits per heavy atom. The molecule has 2 amide bonds. The number of aromatic nitrogens is 4.